The number of hydrogen-bond acceptors (Lipinski definition) is 6. The number of nitrogens with two attached hydrogens (primary N) is 2. The molecule has 0 aromatic heterocycles. The molecule has 1 aliphatic rings. The smallest absolute Gasteiger partial charge is 0.475 e. The standard InChI is InChI=1S/C18H21N3O4.C2HF3O2/c19-14(10-11-16(20)22)18(24)21-15-6-2-1-4-12(15)8-9-13-5-3-7-17(23)25-13;3-2(4,5)1(6)7/h1-4,6-9,13-14H,5,10-11,19H2,(H2,20,22)(H,21,24);(H,6,7)/b9-8+;/t13-,14+;/m1./s1. The molecule has 32 heavy (non-hydrogen) atoms. The van der Waals surface area contributed by atoms with E-state index in [2.05, 4.69) is 5.32 Å². The number of halogens is 3. The summed E-state index contributed by atoms with van der Waals surface area (Å²) in [4.78, 5) is 43.0. The van der Waals surface area contributed by atoms with E-state index in [1.807, 2.05) is 12.1 Å². The first kappa shape index (κ1) is 26.4. The highest BCUT2D eigenvalue weighted by atomic mass is 19.4. The van der Waals surface area contributed by atoms with Gasteiger partial charge >= 0.3 is 18.1 Å². The number of carboxylic acid groups (broad SMARTS) is 1. The third-order valence-electron chi connectivity index (χ3n) is 3.88. The average molecular weight is 457 g/mol. The highest BCUT2D eigenvalue weighted by molar-refractivity contribution is 5.96. The molecule has 1 aromatic carbocycles. The van der Waals surface area contributed by atoms with Gasteiger partial charge in [-0.25, -0.2) is 9.59 Å². The van der Waals surface area contributed by atoms with Crippen molar-refractivity contribution in [2.75, 3.05) is 5.32 Å². The zero-order valence-electron chi connectivity index (χ0n) is 16.7. The second kappa shape index (κ2) is 12.2. The van der Waals surface area contributed by atoms with Crippen LogP contribution < -0.4 is 16.8 Å². The molecule has 2 amide bonds. The summed E-state index contributed by atoms with van der Waals surface area (Å²) >= 11 is 0. The number of carbonyl (C=O) groups is 4. The number of alkyl halides is 3. The summed E-state index contributed by atoms with van der Waals surface area (Å²) in [6.07, 6.45) is 2.12. The lowest BCUT2D eigenvalue weighted by Crippen LogP contribution is -2.36. The van der Waals surface area contributed by atoms with Gasteiger partial charge in [-0.1, -0.05) is 30.4 Å². The average Bonchev–Trinajstić information content (AvgIpc) is 2.71. The van der Waals surface area contributed by atoms with Gasteiger partial charge in [0.1, 0.15) is 6.10 Å². The molecule has 0 aliphatic carbocycles. The van der Waals surface area contributed by atoms with Crippen LogP contribution in [0.4, 0.5) is 18.9 Å². The number of para-hydroxylation sites is 1. The molecule has 1 aliphatic heterocycles. The van der Waals surface area contributed by atoms with E-state index in [0.717, 1.165) is 5.56 Å². The molecule has 2 rings (SSSR count). The summed E-state index contributed by atoms with van der Waals surface area (Å²) in [5.41, 5.74) is 12.2. The fraction of sp³-hybridized carbons (Fsp3) is 0.300. The van der Waals surface area contributed by atoms with Crippen LogP contribution in [0.5, 0.6) is 0 Å². The molecule has 0 bridgehead atoms. The summed E-state index contributed by atoms with van der Waals surface area (Å²) in [6.45, 7) is 0. The fourth-order valence-corrected chi connectivity index (χ4v) is 2.27. The Hall–Kier alpha value is -3.67. The lowest BCUT2D eigenvalue weighted by atomic mass is 10.1. The van der Waals surface area contributed by atoms with Gasteiger partial charge in [0.05, 0.1) is 6.04 Å². The van der Waals surface area contributed by atoms with E-state index in [9.17, 15) is 27.6 Å². The van der Waals surface area contributed by atoms with Crippen molar-refractivity contribution >= 4 is 35.5 Å². The van der Waals surface area contributed by atoms with Gasteiger partial charge in [0.2, 0.25) is 11.8 Å². The van der Waals surface area contributed by atoms with Crippen LogP contribution in [0.3, 0.4) is 0 Å². The van der Waals surface area contributed by atoms with Crippen LogP contribution in [0.1, 0.15) is 24.8 Å². The third-order valence-corrected chi connectivity index (χ3v) is 3.88. The molecule has 6 N–H and O–H groups in total. The second-order valence-corrected chi connectivity index (χ2v) is 6.46. The Balaban J connectivity index is 0.000000633. The van der Waals surface area contributed by atoms with Gasteiger partial charge < -0.3 is 26.6 Å². The minimum absolute atomic E-state index is 0.0523. The van der Waals surface area contributed by atoms with Crippen molar-refractivity contribution in [3.05, 3.63) is 48.1 Å². The van der Waals surface area contributed by atoms with Crippen LogP contribution in [-0.4, -0.2) is 47.2 Å². The molecule has 9 nitrogen and oxygen atoms in total. The zero-order valence-corrected chi connectivity index (χ0v) is 16.7. The van der Waals surface area contributed by atoms with Crippen molar-refractivity contribution in [1.82, 2.24) is 0 Å². The lowest BCUT2D eigenvalue weighted by Gasteiger charge is -2.15. The van der Waals surface area contributed by atoms with Gasteiger partial charge in [-0.05, 0) is 24.1 Å². The molecule has 12 heteroatoms. The van der Waals surface area contributed by atoms with Crippen molar-refractivity contribution < 1.29 is 42.2 Å². The number of nitrogens with one attached hydrogen (secondary N) is 1. The SMILES string of the molecule is NC(=O)CC[C@H](N)C(=O)Nc1ccccc1/C=C/[C@H]1CC=CC(=O)O1.O=C(O)C(F)(F)F. The van der Waals surface area contributed by atoms with E-state index in [1.165, 1.54) is 6.08 Å². The Labute approximate surface area is 180 Å². The largest absolute Gasteiger partial charge is 0.490 e. The highest BCUT2D eigenvalue weighted by Gasteiger charge is 2.38. The second-order valence-electron chi connectivity index (χ2n) is 6.46. The molecule has 0 radical (unpaired) electrons. The zero-order chi connectivity index (χ0) is 24.3. The first-order valence-corrected chi connectivity index (χ1v) is 9.19. The van der Waals surface area contributed by atoms with E-state index in [-0.39, 0.29) is 24.9 Å². The van der Waals surface area contributed by atoms with Gasteiger partial charge in [-0.3, -0.25) is 9.59 Å². The van der Waals surface area contributed by atoms with Crippen LogP contribution in [0, 0.1) is 0 Å². The Morgan fingerprint density at radius 1 is 1.28 bits per heavy atom. The predicted molar refractivity (Wildman–Crippen MR) is 108 cm³/mol. The topological polar surface area (TPSA) is 162 Å². The van der Waals surface area contributed by atoms with Crippen molar-refractivity contribution in [2.45, 2.75) is 37.6 Å². The van der Waals surface area contributed by atoms with E-state index < -0.39 is 30.0 Å². The Kier molecular flexibility index (Phi) is 10.1. The Morgan fingerprint density at radius 2 is 1.91 bits per heavy atom. The molecule has 0 fully saturated rings. The predicted octanol–water partition coefficient (Wildman–Crippen LogP) is 1.74. The number of aliphatic carboxylic acids is 1. The lowest BCUT2D eigenvalue weighted by molar-refractivity contribution is -0.192. The molecule has 1 heterocycles. The number of ether oxygens (including phenoxy) is 1. The molecule has 174 valence electrons. The summed E-state index contributed by atoms with van der Waals surface area (Å²) < 4.78 is 36.9. The summed E-state index contributed by atoms with van der Waals surface area (Å²) in [5, 5.41) is 9.87. The number of esters is 1. The number of carbonyl (C=O) groups excluding carboxylic acids is 3. The Bertz CT molecular complexity index is 899. The van der Waals surface area contributed by atoms with Crippen LogP contribution in [0.2, 0.25) is 0 Å². The summed E-state index contributed by atoms with van der Waals surface area (Å²) in [6, 6.07) is 6.35. The number of cyclic esters (lactones) is 1. The van der Waals surface area contributed by atoms with Gasteiger partial charge in [0, 0.05) is 24.6 Å². The van der Waals surface area contributed by atoms with Crippen LogP contribution in [0.15, 0.2) is 42.5 Å². The van der Waals surface area contributed by atoms with Crippen LogP contribution in [0.25, 0.3) is 6.08 Å². The van der Waals surface area contributed by atoms with Crippen molar-refractivity contribution in [2.24, 2.45) is 11.5 Å². The monoisotopic (exact) mass is 457 g/mol. The molecule has 2 atom stereocenters. The fourth-order valence-electron chi connectivity index (χ4n) is 2.27. The van der Waals surface area contributed by atoms with Crippen LogP contribution in [-0.2, 0) is 23.9 Å². The molecule has 1 aromatic rings. The van der Waals surface area contributed by atoms with Crippen molar-refractivity contribution in [3.63, 3.8) is 0 Å². The summed E-state index contributed by atoms with van der Waals surface area (Å²) in [7, 11) is 0. The first-order chi connectivity index (χ1) is 14.9. The van der Waals surface area contributed by atoms with E-state index in [4.69, 9.17) is 26.1 Å². The maximum absolute atomic E-state index is 12.1. The van der Waals surface area contributed by atoms with E-state index >= 15 is 0 Å². The molecule has 0 saturated carbocycles. The molecule has 0 spiro atoms. The normalized spacial score (nSPS) is 16.5. The van der Waals surface area contributed by atoms with Crippen molar-refractivity contribution in [1.29, 1.82) is 0 Å². The number of rotatable bonds is 7. The Morgan fingerprint density at radius 3 is 2.47 bits per heavy atom. The highest BCUT2D eigenvalue weighted by Crippen LogP contribution is 2.19. The minimum Gasteiger partial charge on any atom is -0.475 e. The van der Waals surface area contributed by atoms with E-state index in [1.54, 1.807) is 30.4 Å². The van der Waals surface area contributed by atoms with Gasteiger partial charge in [0.25, 0.3) is 0 Å². The number of benzene rings is 1. The summed E-state index contributed by atoms with van der Waals surface area (Å²) in [5.74, 6) is -4.02. The quantitative estimate of drug-likeness (QED) is 0.453. The number of anilines is 1. The maximum Gasteiger partial charge on any atom is 0.490 e. The number of carboxylic acids is 1. The van der Waals surface area contributed by atoms with E-state index in [0.29, 0.717) is 12.1 Å². The van der Waals surface area contributed by atoms with Crippen molar-refractivity contribution in [3.8, 4) is 0 Å². The van der Waals surface area contributed by atoms with Gasteiger partial charge in [0.15, 0.2) is 0 Å². The number of amides is 2. The van der Waals surface area contributed by atoms with Crippen LogP contribution >= 0.6 is 0 Å². The molecular weight excluding hydrogens is 435 g/mol. The maximum atomic E-state index is 12.1. The minimum atomic E-state index is -5.08. The van der Waals surface area contributed by atoms with Gasteiger partial charge in [-0.2, -0.15) is 13.2 Å². The third kappa shape index (κ3) is 9.89. The number of hydrogen-bond donors (Lipinski definition) is 4. The van der Waals surface area contributed by atoms with Gasteiger partial charge in [-0.15, -0.1) is 0 Å². The molecule has 0 unspecified atom stereocenters. The first-order valence-electron chi connectivity index (χ1n) is 9.19. The molecule has 0 saturated heterocycles. The molecular formula is C20H22F3N3O6. The number of primary amides is 1.